The van der Waals surface area contributed by atoms with E-state index in [2.05, 4.69) is 22.1 Å². The van der Waals surface area contributed by atoms with Gasteiger partial charge in [-0.1, -0.05) is 18.8 Å². The van der Waals surface area contributed by atoms with Gasteiger partial charge in [0.05, 0.1) is 24.8 Å². The summed E-state index contributed by atoms with van der Waals surface area (Å²) in [6.45, 7) is 5.05. The average Bonchev–Trinajstić information content (AvgIpc) is 2.88. The van der Waals surface area contributed by atoms with Gasteiger partial charge in [0.2, 0.25) is 5.88 Å². The van der Waals surface area contributed by atoms with Crippen molar-refractivity contribution in [2.75, 3.05) is 32.1 Å². The summed E-state index contributed by atoms with van der Waals surface area (Å²) in [4.78, 5) is 33.3. The molecule has 1 aliphatic heterocycles. The van der Waals surface area contributed by atoms with Gasteiger partial charge in [-0.3, -0.25) is 4.79 Å². The van der Waals surface area contributed by atoms with Crippen LogP contribution in [0.15, 0.2) is 36.5 Å². The van der Waals surface area contributed by atoms with Gasteiger partial charge in [0.1, 0.15) is 17.8 Å². The van der Waals surface area contributed by atoms with Crippen molar-refractivity contribution in [1.29, 1.82) is 0 Å². The highest BCUT2D eigenvalue weighted by molar-refractivity contribution is 5.97. The molecule has 1 aromatic heterocycles. The highest BCUT2D eigenvalue weighted by Crippen LogP contribution is 2.30. The molecule has 0 saturated carbocycles. The standard InChI is InChI=1S/C27H31F3N4O5/c1-16-13-34(17(2)15-35)25(37)22-11-19(6-5-18(3)36)12-31-24(22)39-23(16)14-33(4)26(38)32-21-9-7-20(8-10-21)27(28,29)30/h7-12,16-18,23,35-36H,13-15H2,1-4H3,(H,32,38)/t16-,17-,18+,23-/m0/s1. The number of aliphatic hydroxyl groups is 2. The van der Waals surface area contributed by atoms with Gasteiger partial charge in [0.25, 0.3) is 5.91 Å². The SMILES string of the molecule is C[C@@H](O)C#Cc1cnc2c(c1)C(=O)N([C@@H](C)CO)C[C@H](C)[C@H](CN(C)C(=O)Nc1ccc(C(F)(F)F)cc1)O2. The average molecular weight is 549 g/mol. The van der Waals surface area contributed by atoms with Crippen LogP contribution in [-0.2, 0) is 6.18 Å². The number of carbonyl (C=O) groups excluding carboxylic acids is 2. The van der Waals surface area contributed by atoms with Crippen LogP contribution in [0.2, 0.25) is 0 Å². The zero-order valence-electron chi connectivity index (χ0n) is 22.0. The molecular formula is C27H31F3N4O5. The van der Waals surface area contributed by atoms with E-state index in [1.54, 1.807) is 6.92 Å². The number of fused-ring (bicyclic) bond motifs is 1. The van der Waals surface area contributed by atoms with E-state index in [-0.39, 0.29) is 42.7 Å². The number of hydrogen-bond acceptors (Lipinski definition) is 6. The van der Waals surface area contributed by atoms with Crippen molar-refractivity contribution in [3.05, 3.63) is 53.2 Å². The number of rotatable bonds is 5. The number of likely N-dealkylation sites (N-methyl/N-ethyl adjacent to an activating group) is 1. The van der Waals surface area contributed by atoms with Crippen LogP contribution in [0, 0.1) is 17.8 Å². The third-order valence-electron chi connectivity index (χ3n) is 6.21. The minimum absolute atomic E-state index is 0.0332. The molecule has 210 valence electrons. The smallest absolute Gasteiger partial charge is 0.416 e. The maximum absolute atomic E-state index is 13.4. The summed E-state index contributed by atoms with van der Waals surface area (Å²) >= 11 is 0. The molecule has 0 spiro atoms. The van der Waals surface area contributed by atoms with Gasteiger partial charge < -0.3 is 30.1 Å². The van der Waals surface area contributed by atoms with E-state index in [1.165, 1.54) is 48.2 Å². The molecule has 0 unspecified atom stereocenters. The van der Waals surface area contributed by atoms with Crippen LogP contribution < -0.4 is 10.1 Å². The molecule has 1 aliphatic rings. The van der Waals surface area contributed by atoms with Crippen LogP contribution in [0.25, 0.3) is 0 Å². The quantitative estimate of drug-likeness (QED) is 0.495. The number of nitrogens with zero attached hydrogens (tertiary/aromatic N) is 3. The number of nitrogens with one attached hydrogen (secondary N) is 1. The molecule has 12 heteroatoms. The van der Waals surface area contributed by atoms with Gasteiger partial charge >= 0.3 is 12.2 Å². The fraction of sp³-hybridized carbons (Fsp3) is 0.444. The van der Waals surface area contributed by atoms with E-state index >= 15 is 0 Å². The zero-order valence-corrected chi connectivity index (χ0v) is 22.0. The Morgan fingerprint density at radius 1 is 1.31 bits per heavy atom. The van der Waals surface area contributed by atoms with E-state index in [4.69, 9.17) is 4.74 Å². The summed E-state index contributed by atoms with van der Waals surface area (Å²) in [7, 11) is 1.51. The monoisotopic (exact) mass is 548 g/mol. The lowest BCUT2D eigenvalue weighted by molar-refractivity contribution is -0.137. The van der Waals surface area contributed by atoms with Crippen molar-refractivity contribution in [2.45, 2.75) is 45.2 Å². The van der Waals surface area contributed by atoms with Crippen molar-refractivity contribution in [2.24, 2.45) is 5.92 Å². The Balaban J connectivity index is 1.84. The van der Waals surface area contributed by atoms with Crippen LogP contribution in [0.4, 0.5) is 23.7 Å². The van der Waals surface area contributed by atoms with E-state index in [1.807, 2.05) is 6.92 Å². The van der Waals surface area contributed by atoms with Gasteiger partial charge in [0.15, 0.2) is 0 Å². The van der Waals surface area contributed by atoms with Crippen LogP contribution in [0.5, 0.6) is 5.88 Å². The Kier molecular flexibility index (Phi) is 9.42. The highest BCUT2D eigenvalue weighted by Gasteiger charge is 2.35. The van der Waals surface area contributed by atoms with Gasteiger partial charge in [-0.2, -0.15) is 13.2 Å². The third-order valence-corrected chi connectivity index (χ3v) is 6.21. The molecular weight excluding hydrogens is 517 g/mol. The number of hydrogen-bond donors (Lipinski definition) is 3. The number of benzene rings is 1. The number of amides is 3. The summed E-state index contributed by atoms with van der Waals surface area (Å²) in [6.07, 6.45) is -4.58. The maximum Gasteiger partial charge on any atom is 0.416 e. The number of anilines is 1. The van der Waals surface area contributed by atoms with Crippen LogP contribution in [0.3, 0.4) is 0 Å². The van der Waals surface area contributed by atoms with E-state index in [0.717, 1.165) is 12.1 Å². The van der Waals surface area contributed by atoms with Crippen molar-refractivity contribution in [3.63, 3.8) is 0 Å². The first-order valence-corrected chi connectivity index (χ1v) is 12.3. The number of halogens is 3. The molecule has 39 heavy (non-hydrogen) atoms. The molecule has 0 saturated heterocycles. The Hall–Kier alpha value is -3.82. The summed E-state index contributed by atoms with van der Waals surface area (Å²) < 4.78 is 44.6. The first kappa shape index (κ1) is 29.7. The molecule has 2 heterocycles. The van der Waals surface area contributed by atoms with E-state index in [9.17, 15) is 33.0 Å². The number of urea groups is 1. The first-order valence-electron chi connectivity index (χ1n) is 12.3. The third kappa shape index (κ3) is 7.61. The predicted octanol–water partition coefficient (Wildman–Crippen LogP) is 3.22. The fourth-order valence-electron chi connectivity index (χ4n) is 3.89. The lowest BCUT2D eigenvalue weighted by Crippen LogP contribution is -2.50. The van der Waals surface area contributed by atoms with E-state index in [0.29, 0.717) is 5.56 Å². The van der Waals surface area contributed by atoms with Crippen molar-refractivity contribution in [1.82, 2.24) is 14.8 Å². The molecule has 2 aromatic rings. The first-order chi connectivity index (χ1) is 18.3. The maximum atomic E-state index is 13.4. The van der Waals surface area contributed by atoms with Crippen LogP contribution >= 0.6 is 0 Å². The number of aliphatic hydroxyl groups excluding tert-OH is 2. The fourth-order valence-corrected chi connectivity index (χ4v) is 3.89. The molecule has 3 rings (SSSR count). The van der Waals surface area contributed by atoms with Gasteiger partial charge in [-0.15, -0.1) is 0 Å². The van der Waals surface area contributed by atoms with Gasteiger partial charge in [-0.25, -0.2) is 9.78 Å². The van der Waals surface area contributed by atoms with Crippen molar-refractivity contribution < 1.29 is 37.7 Å². The Bertz CT molecular complexity index is 1240. The second kappa shape index (κ2) is 12.4. The molecule has 4 atom stereocenters. The molecule has 0 radical (unpaired) electrons. The Morgan fingerprint density at radius 2 is 1.97 bits per heavy atom. The molecule has 9 nitrogen and oxygen atoms in total. The summed E-state index contributed by atoms with van der Waals surface area (Å²) in [5, 5.41) is 21.8. The van der Waals surface area contributed by atoms with E-state index < -0.39 is 41.9 Å². The van der Waals surface area contributed by atoms with Gasteiger partial charge in [-0.05, 0) is 44.2 Å². The lowest BCUT2D eigenvalue weighted by atomic mass is 10.00. The molecule has 3 N–H and O–H groups in total. The molecule has 0 bridgehead atoms. The largest absolute Gasteiger partial charge is 0.472 e. The number of carbonyl (C=O) groups is 2. The highest BCUT2D eigenvalue weighted by atomic mass is 19.4. The summed E-state index contributed by atoms with van der Waals surface area (Å²) in [5.41, 5.74) is -0.117. The summed E-state index contributed by atoms with van der Waals surface area (Å²) in [5.74, 6) is 4.68. The van der Waals surface area contributed by atoms with Crippen molar-refractivity contribution >= 4 is 17.6 Å². The van der Waals surface area contributed by atoms with Crippen LogP contribution in [-0.4, -0.2) is 81.9 Å². The Morgan fingerprint density at radius 3 is 2.56 bits per heavy atom. The number of alkyl halides is 3. The number of ether oxygens (including phenoxy) is 1. The normalized spacial score (nSPS) is 18.9. The number of pyridine rings is 1. The minimum atomic E-state index is -4.48. The molecule has 3 amide bonds. The minimum Gasteiger partial charge on any atom is -0.472 e. The summed E-state index contributed by atoms with van der Waals surface area (Å²) in [6, 6.07) is 4.52. The molecule has 0 fully saturated rings. The van der Waals surface area contributed by atoms with Gasteiger partial charge in [0, 0.05) is 37.0 Å². The molecule has 0 aliphatic carbocycles. The number of aromatic nitrogens is 1. The lowest BCUT2D eigenvalue weighted by Gasteiger charge is -2.37. The zero-order chi connectivity index (χ0) is 28.9. The Labute approximate surface area is 224 Å². The van der Waals surface area contributed by atoms with Crippen LogP contribution in [0.1, 0.15) is 42.3 Å². The second-order valence-electron chi connectivity index (χ2n) is 9.53. The topological polar surface area (TPSA) is 115 Å². The molecule has 1 aromatic carbocycles. The predicted molar refractivity (Wildman–Crippen MR) is 137 cm³/mol. The van der Waals surface area contributed by atoms with Crippen molar-refractivity contribution in [3.8, 4) is 17.7 Å². The second-order valence-corrected chi connectivity index (χ2v) is 9.53.